The lowest BCUT2D eigenvalue weighted by molar-refractivity contribution is 0.357. The third-order valence-corrected chi connectivity index (χ3v) is 7.48. The fraction of sp³-hybridized carbons (Fsp3) is 0.375. The Morgan fingerprint density at radius 2 is 2.15 bits per heavy atom. The third kappa shape index (κ3) is 3.23. The van der Waals surface area contributed by atoms with Crippen molar-refractivity contribution < 1.29 is 13.2 Å². The highest BCUT2D eigenvalue weighted by atomic mass is 79.9. The van der Waals surface area contributed by atoms with Gasteiger partial charge >= 0.3 is 0 Å². The monoisotopic (exact) mass is 458 g/mol. The van der Waals surface area contributed by atoms with Crippen LogP contribution in [0.2, 0.25) is 5.28 Å². The van der Waals surface area contributed by atoms with Crippen molar-refractivity contribution in [3.05, 3.63) is 33.6 Å². The van der Waals surface area contributed by atoms with Crippen molar-refractivity contribution in [1.82, 2.24) is 9.97 Å². The average molecular weight is 460 g/mol. The molecule has 4 rings (SSSR count). The zero-order valence-electron chi connectivity index (χ0n) is 13.9. The molecule has 1 aromatic carbocycles. The number of rotatable bonds is 5. The Labute approximate surface area is 164 Å². The van der Waals surface area contributed by atoms with Crippen molar-refractivity contribution in [3.8, 4) is 5.75 Å². The summed E-state index contributed by atoms with van der Waals surface area (Å²) in [5.41, 5.74) is 2.12. The van der Waals surface area contributed by atoms with Gasteiger partial charge in [-0.25, -0.2) is 13.4 Å². The fourth-order valence-corrected chi connectivity index (χ4v) is 4.89. The van der Waals surface area contributed by atoms with Crippen LogP contribution in [0.1, 0.15) is 18.4 Å². The molecule has 1 fully saturated rings. The normalized spacial score (nSPS) is 16.1. The molecule has 1 aliphatic carbocycles. The number of aromatic nitrogens is 2. The van der Waals surface area contributed by atoms with Gasteiger partial charge in [0.05, 0.1) is 27.7 Å². The first kappa shape index (κ1) is 17.8. The summed E-state index contributed by atoms with van der Waals surface area (Å²) in [4.78, 5) is 8.06. The minimum absolute atomic E-state index is 0.0913. The van der Waals surface area contributed by atoms with Crippen LogP contribution in [0.4, 0.5) is 17.2 Å². The number of nitrogens with one attached hydrogen (secondary N) is 1. The van der Waals surface area contributed by atoms with E-state index in [0.717, 1.165) is 17.7 Å². The molecule has 0 radical (unpaired) electrons. The smallest absolute Gasteiger partial charge is 0.237 e. The van der Waals surface area contributed by atoms with E-state index < -0.39 is 10.0 Å². The Balaban J connectivity index is 1.79. The summed E-state index contributed by atoms with van der Waals surface area (Å²) in [5, 5.41) is 2.95. The van der Waals surface area contributed by atoms with E-state index in [1.807, 2.05) is 6.07 Å². The second-order valence-corrected chi connectivity index (χ2v) is 9.68. The Bertz CT molecular complexity index is 982. The molecule has 1 saturated carbocycles. The first-order chi connectivity index (χ1) is 12.4. The lowest BCUT2D eigenvalue weighted by Gasteiger charge is -2.23. The summed E-state index contributed by atoms with van der Waals surface area (Å²) in [7, 11) is -1.81. The van der Waals surface area contributed by atoms with Gasteiger partial charge in [0.25, 0.3) is 0 Å². The Hall–Kier alpha value is -1.58. The first-order valence-corrected chi connectivity index (χ1v) is 10.8. The number of halogens is 2. The van der Waals surface area contributed by atoms with Gasteiger partial charge in [-0.05, 0) is 52.0 Å². The number of fused-ring (bicyclic) bond motifs is 1. The van der Waals surface area contributed by atoms with Crippen molar-refractivity contribution >= 4 is 54.7 Å². The van der Waals surface area contributed by atoms with Crippen LogP contribution >= 0.6 is 27.5 Å². The van der Waals surface area contributed by atoms with Gasteiger partial charge in [-0.1, -0.05) is 0 Å². The van der Waals surface area contributed by atoms with E-state index in [1.165, 1.54) is 10.5 Å². The summed E-state index contributed by atoms with van der Waals surface area (Å²) in [6.45, 7) is 0.584. The molecule has 7 nitrogen and oxygen atoms in total. The highest BCUT2D eigenvalue weighted by molar-refractivity contribution is 9.10. The number of anilines is 3. The zero-order valence-corrected chi connectivity index (χ0v) is 17.0. The van der Waals surface area contributed by atoms with Crippen LogP contribution in [0, 0.1) is 0 Å². The summed E-state index contributed by atoms with van der Waals surface area (Å²) in [6, 6.07) is 3.67. The fourth-order valence-electron chi connectivity index (χ4n) is 2.86. The number of hydrogen-bond acceptors (Lipinski definition) is 6. The lowest BCUT2D eigenvalue weighted by Crippen LogP contribution is -2.30. The molecule has 0 unspecified atom stereocenters. The molecule has 2 heterocycles. The average Bonchev–Trinajstić information content (AvgIpc) is 3.37. The van der Waals surface area contributed by atoms with E-state index in [1.54, 1.807) is 13.1 Å². The summed E-state index contributed by atoms with van der Waals surface area (Å²) >= 11 is 9.26. The van der Waals surface area contributed by atoms with E-state index >= 15 is 0 Å². The molecule has 0 atom stereocenters. The second-order valence-electron chi connectivity index (χ2n) is 6.25. The maximum atomic E-state index is 12.7. The number of ether oxygens (including phenoxy) is 1. The molecule has 10 heteroatoms. The van der Waals surface area contributed by atoms with Gasteiger partial charge in [0, 0.05) is 25.7 Å². The van der Waals surface area contributed by atoms with E-state index in [-0.39, 0.29) is 10.5 Å². The molecule has 1 aliphatic heterocycles. The van der Waals surface area contributed by atoms with E-state index in [9.17, 15) is 8.42 Å². The summed E-state index contributed by atoms with van der Waals surface area (Å²) in [6.07, 6.45) is 3.70. The van der Waals surface area contributed by atoms with E-state index in [2.05, 4.69) is 31.2 Å². The molecular formula is C16H16BrClN4O3S. The minimum Gasteiger partial charge on any atom is -0.493 e. The minimum atomic E-state index is -3.39. The number of nitrogens with zero attached hydrogens (tertiary/aromatic N) is 3. The van der Waals surface area contributed by atoms with Gasteiger partial charge in [0.15, 0.2) is 0 Å². The highest BCUT2D eigenvalue weighted by Crippen LogP contribution is 2.41. The molecule has 26 heavy (non-hydrogen) atoms. The third-order valence-electron chi connectivity index (χ3n) is 4.44. The van der Waals surface area contributed by atoms with Crippen molar-refractivity contribution in [2.45, 2.75) is 24.5 Å². The first-order valence-electron chi connectivity index (χ1n) is 8.09. The second kappa shape index (κ2) is 6.54. The Morgan fingerprint density at radius 1 is 1.38 bits per heavy atom. The van der Waals surface area contributed by atoms with Gasteiger partial charge in [0.1, 0.15) is 11.6 Å². The highest BCUT2D eigenvalue weighted by Gasteiger charge is 2.39. The van der Waals surface area contributed by atoms with E-state index in [4.69, 9.17) is 16.3 Å². The molecule has 138 valence electrons. The summed E-state index contributed by atoms with van der Waals surface area (Å²) in [5.74, 6) is 1.19. The molecule has 2 aliphatic rings. The molecule has 0 amide bonds. The molecular weight excluding hydrogens is 444 g/mol. The number of sulfonamides is 1. The lowest BCUT2D eigenvalue weighted by atomic mass is 10.1. The van der Waals surface area contributed by atoms with Crippen LogP contribution in [0.15, 0.2) is 22.8 Å². The van der Waals surface area contributed by atoms with Crippen LogP contribution in [0.5, 0.6) is 5.75 Å². The standard InChI is InChI=1S/C16H16BrClN4O3S/c1-22(26(23,24)10-2-3-10)13-6-9-4-5-25-14(9)7-12(13)20-15-11(17)8-19-16(18)21-15/h6-8,10H,2-5H2,1H3,(H,19,20,21). The largest absolute Gasteiger partial charge is 0.493 e. The number of hydrogen-bond donors (Lipinski definition) is 1. The summed E-state index contributed by atoms with van der Waals surface area (Å²) < 4.78 is 33.1. The maximum Gasteiger partial charge on any atom is 0.237 e. The van der Waals surface area contributed by atoms with Crippen LogP contribution in [-0.2, 0) is 16.4 Å². The van der Waals surface area contributed by atoms with Gasteiger partial charge < -0.3 is 10.1 Å². The molecule has 2 aromatic rings. The molecule has 0 bridgehead atoms. The predicted octanol–water partition coefficient (Wildman–Crippen LogP) is 3.50. The van der Waals surface area contributed by atoms with Crippen molar-refractivity contribution in [1.29, 1.82) is 0 Å². The van der Waals surface area contributed by atoms with Crippen LogP contribution in [0.25, 0.3) is 0 Å². The van der Waals surface area contributed by atoms with E-state index in [0.29, 0.717) is 41.1 Å². The van der Waals surface area contributed by atoms with Gasteiger partial charge in [-0.3, -0.25) is 4.31 Å². The molecule has 1 N–H and O–H groups in total. The van der Waals surface area contributed by atoms with Crippen molar-refractivity contribution in [2.75, 3.05) is 23.3 Å². The van der Waals surface area contributed by atoms with Crippen molar-refractivity contribution in [3.63, 3.8) is 0 Å². The van der Waals surface area contributed by atoms with Gasteiger partial charge in [-0.2, -0.15) is 4.98 Å². The quantitative estimate of drug-likeness (QED) is 0.689. The maximum absolute atomic E-state index is 12.7. The van der Waals surface area contributed by atoms with Gasteiger partial charge in [-0.15, -0.1) is 0 Å². The predicted molar refractivity (Wildman–Crippen MR) is 104 cm³/mol. The molecule has 0 saturated heterocycles. The van der Waals surface area contributed by atoms with Crippen LogP contribution in [0.3, 0.4) is 0 Å². The van der Waals surface area contributed by atoms with Crippen LogP contribution in [-0.4, -0.2) is 37.3 Å². The van der Waals surface area contributed by atoms with Crippen LogP contribution < -0.4 is 14.4 Å². The Kier molecular flexibility index (Phi) is 4.48. The topological polar surface area (TPSA) is 84.4 Å². The zero-order chi connectivity index (χ0) is 18.5. The Morgan fingerprint density at radius 3 is 2.88 bits per heavy atom. The van der Waals surface area contributed by atoms with Gasteiger partial charge in [0.2, 0.25) is 15.3 Å². The molecule has 0 spiro atoms. The van der Waals surface area contributed by atoms with Crippen molar-refractivity contribution in [2.24, 2.45) is 0 Å². The SMILES string of the molecule is CN(c1cc2c(cc1Nc1nc(Cl)ncc1Br)OCC2)S(=O)(=O)C1CC1. The number of benzene rings is 1. The molecule has 1 aromatic heterocycles.